The van der Waals surface area contributed by atoms with Gasteiger partial charge in [-0.25, -0.2) is 4.79 Å². The van der Waals surface area contributed by atoms with Crippen LogP contribution in [0.2, 0.25) is 0 Å². The van der Waals surface area contributed by atoms with Gasteiger partial charge in [0.25, 0.3) is 0 Å². The van der Waals surface area contributed by atoms with Crippen LogP contribution in [0.3, 0.4) is 0 Å². The highest BCUT2D eigenvalue weighted by molar-refractivity contribution is 5.91. The number of carbonyl (C=O) groups is 1. The fourth-order valence-electron chi connectivity index (χ4n) is 2.85. The molecule has 0 spiro atoms. The molecule has 1 unspecified atom stereocenters. The van der Waals surface area contributed by atoms with E-state index >= 15 is 0 Å². The Bertz CT molecular complexity index is 939. The predicted octanol–water partition coefficient (Wildman–Crippen LogP) is 5.03. The van der Waals surface area contributed by atoms with Crippen molar-refractivity contribution >= 4 is 5.97 Å². The summed E-state index contributed by atoms with van der Waals surface area (Å²) in [6.07, 6.45) is 2.09. The second kappa shape index (κ2) is 9.85. The minimum absolute atomic E-state index is 0.281. The van der Waals surface area contributed by atoms with Crippen LogP contribution >= 0.6 is 0 Å². The molecule has 0 N–H and O–H groups in total. The van der Waals surface area contributed by atoms with Gasteiger partial charge < -0.3 is 14.2 Å². The highest BCUT2D eigenvalue weighted by Gasteiger charge is 2.19. The third-order valence-corrected chi connectivity index (χ3v) is 4.60. The van der Waals surface area contributed by atoms with Crippen molar-refractivity contribution in [2.75, 3.05) is 7.11 Å². The zero-order chi connectivity index (χ0) is 20.6. The summed E-state index contributed by atoms with van der Waals surface area (Å²) in [6, 6.07) is 18.9. The van der Waals surface area contributed by atoms with E-state index in [9.17, 15) is 4.79 Å². The molecule has 0 aliphatic carbocycles. The lowest BCUT2D eigenvalue weighted by Crippen LogP contribution is -2.14. The molecule has 1 heterocycles. The summed E-state index contributed by atoms with van der Waals surface area (Å²) in [4.78, 5) is 16.5. The summed E-state index contributed by atoms with van der Waals surface area (Å²) >= 11 is 0. The molecule has 0 radical (unpaired) electrons. The van der Waals surface area contributed by atoms with Gasteiger partial charge >= 0.3 is 5.97 Å². The molecule has 29 heavy (non-hydrogen) atoms. The number of ether oxygens (including phenoxy) is 3. The minimum atomic E-state index is -0.700. The summed E-state index contributed by atoms with van der Waals surface area (Å²) in [7, 11) is 1.37. The Morgan fingerprint density at radius 1 is 1.07 bits per heavy atom. The van der Waals surface area contributed by atoms with Gasteiger partial charge in [-0.15, -0.1) is 0 Å². The van der Waals surface area contributed by atoms with Crippen LogP contribution in [-0.4, -0.2) is 18.1 Å². The molecule has 1 atom stereocenters. The molecule has 0 fully saturated rings. The molecule has 5 nitrogen and oxygen atoms in total. The monoisotopic (exact) mass is 391 g/mol. The SMILES string of the molecule is CCc1ccc(COC(Oc2ccccc2)c2ccc(C)c(C(=O)OC)c2)nc1. The van der Waals surface area contributed by atoms with Crippen molar-refractivity contribution < 1.29 is 19.0 Å². The molecule has 0 bridgehead atoms. The number of pyridine rings is 1. The van der Waals surface area contributed by atoms with Crippen LogP contribution in [0.15, 0.2) is 66.9 Å². The number of nitrogens with zero attached hydrogens (tertiary/aromatic N) is 1. The van der Waals surface area contributed by atoms with E-state index in [2.05, 4.69) is 11.9 Å². The maximum absolute atomic E-state index is 12.1. The average molecular weight is 391 g/mol. The van der Waals surface area contributed by atoms with E-state index in [1.807, 2.05) is 67.7 Å². The first-order valence-electron chi connectivity index (χ1n) is 9.56. The molecule has 150 valence electrons. The van der Waals surface area contributed by atoms with E-state index in [0.29, 0.717) is 11.3 Å². The molecule has 3 rings (SSSR count). The summed E-state index contributed by atoms with van der Waals surface area (Å²) in [5, 5.41) is 0. The predicted molar refractivity (Wildman–Crippen MR) is 111 cm³/mol. The van der Waals surface area contributed by atoms with Crippen LogP contribution < -0.4 is 4.74 Å². The Morgan fingerprint density at radius 3 is 2.52 bits per heavy atom. The molecule has 2 aromatic carbocycles. The Kier molecular flexibility index (Phi) is 6.98. The first-order valence-corrected chi connectivity index (χ1v) is 9.56. The van der Waals surface area contributed by atoms with Crippen molar-refractivity contribution in [2.24, 2.45) is 0 Å². The molecule has 0 saturated carbocycles. The summed E-state index contributed by atoms with van der Waals surface area (Å²) < 4.78 is 17.0. The molecule has 3 aromatic rings. The Morgan fingerprint density at radius 2 is 1.86 bits per heavy atom. The number of hydrogen-bond acceptors (Lipinski definition) is 5. The zero-order valence-electron chi connectivity index (χ0n) is 16.9. The Labute approximate surface area is 171 Å². The average Bonchev–Trinajstić information content (AvgIpc) is 2.77. The number of rotatable bonds is 8. The number of para-hydroxylation sites is 1. The van der Waals surface area contributed by atoms with Crippen LogP contribution in [-0.2, 0) is 22.5 Å². The van der Waals surface area contributed by atoms with Gasteiger partial charge in [-0.2, -0.15) is 0 Å². The van der Waals surface area contributed by atoms with Crippen molar-refractivity contribution in [1.29, 1.82) is 0 Å². The van der Waals surface area contributed by atoms with Crippen LogP contribution in [0.1, 0.15) is 46.0 Å². The van der Waals surface area contributed by atoms with E-state index < -0.39 is 6.29 Å². The largest absolute Gasteiger partial charge is 0.465 e. The van der Waals surface area contributed by atoms with E-state index in [1.54, 1.807) is 6.07 Å². The molecule has 1 aromatic heterocycles. The fourth-order valence-corrected chi connectivity index (χ4v) is 2.85. The molecule has 5 heteroatoms. The van der Waals surface area contributed by atoms with Gasteiger partial charge in [0.1, 0.15) is 5.75 Å². The van der Waals surface area contributed by atoms with Crippen LogP contribution in [0.5, 0.6) is 5.75 Å². The number of aryl methyl sites for hydroxylation is 2. The normalized spacial score (nSPS) is 11.7. The van der Waals surface area contributed by atoms with Gasteiger partial charge in [0.05, 0.1) is 25.0 Å². The number of benzene rings is 2. The summed E-state index contributed by atoms with van der Waals surface area (Å²) in [5.74, 6) is 0.284. The summed E-state index contributed by atoms with van der Waals surface area (Å²) in [6.45, 7) is 4.24. The zero-order valence-corrected chi connectivity index (χ0v) is 16.9. The van der Waals surface area contributed by atoms with Crippen molar-refractivity contribution in [1.82, 2.24) is 4.98 Å². The number of hydrogen-bond donors (Lipinski definition) is 0. The maximum atomic E-state index is 12.1. The van der Waals surface area contributed by atoms with E-state index in [0.717, 1.165) is 23.2 Å². The van der Waals surface area contributed by atoms with Crippen LogP contribution in [0, 0.1) is 6.92 Å². The molecular weight excluding hydrogens is 366 g/mol. The third-order valence-electron chi connectivity index (χ3n) is 4.60. The quantitative estimate of drug-likeness (QED) is 0.398. The highest BCUT2D eigenvalue weighted by Crippen LogP contribution is 2.26. The topological polar surface area (TPSA) is 57.7 Å². The number of methoxy groups -OCH3 is 1. The highest BCUT2D eigenvalue weighted by atomic mass is 16.7. The van der Waals surface area contributed by atoms with Gasteiger partial charge in [0, 0.05) is 11.8 Å². The Hall–Kier alpha value is -3.18. The molecular formula is C24H25NO4. The lowest BCUT2D eigenvalue weighted by atomic mass is 10.0. The third kappa shape index (κ3) is 5.42. The van der Waals surface area contributed by atoms with Crippen LogP contribution in [0.4, 0.5) is 0 Å². The first-order chi connectivity index (χ1) is 14.1. The second-order valence-corrected chi connectivity index (χ2v) is 6.65. The van der Waals surface area contributed by atoms with Crippen molar-refractivity contribution in [2.45, 2.75) is 33.2 Å². The number of aromatic nitrogens is 1. The fraction of sp³-hybridized carbons (Fsp3) is 0.250. The smallest absolute Gasteiger partial charge is 0.338 e. The first kappa shape index (κ1) is 20.6. The van der Waals surface area contributed by atoms with E-state index in [-0.39, 0.29) is 12.6 Å². The molecule has 0 amide bonds. The lowest BCUT2D eigenvalue weighted by Gasteiger charge is -2.21. The van der Waals surface area contributed by atoms with Crippen molar-refractivity contribution in [3.8, 4) is 5.75 Å². The maximum Gasteiger partial charge on any atom is 0.338 e. The Balaban J connectivity index is 1.85. The number of esters is 1. The molecule has 0 aliphatic heterocycles. The minimum Gasteiger partial charge on any atom is -0.465 e. The molecule has 0 saturated heterocycles. The lowest BCUT2D eigenvalue weighted by molar-refractivity contribution is -0.0938. The summed E-state index contributed by atoms with van der Waals surface area (Å²) in [5.41, 5.74) is 4.03. The standard InChI is InChI=1S/C24H25NO4/c1-4-18-11-13-20(25-15-18)16-28-24(29-21-8-6-5-7-9-21)19-12-10-17(2)22(14-19)23(26)27-3/h5-15,24H,4,16H2,1-3H3. The van der Waals surface area contributed by atoms with E-state index in [1.165, 1.54) is 12.7 Å². The van der Waals surface area contributed by atoms with Crippen molar-refractivity contribution in [3.05, 3.63) is 94.8 Å². The van der Waals surface area contributed by atoms with Gasteiger partial charge in [0.15, 0.2) is 0 Å². The second-order valence-electron chi connectivity index (χ2n) is 6.65. The van der Waals surface area contributed by atoms with E-state index in [4.69, 9.17) is 14.2 Å². The van der Waals surface area contributed by atoms with Crippen LogP contribution in [0.25, 0.3) is 0 Å². The number of carbonyl (C=O) groups excluding carboxylic acids is 1. The van der Waals surface area contributed by atoms with Gasteiger partial charge in [-0.1, -0.05) is 43.3 Å². The van der Waals surface area contributed by atoms with Crippen molar-refractivity contribution in [3.63, 3.8) is 0 Å². The van der Waals surface area contributed by atoms with Gasteiger partial charge in [-0.05, 0) is 48.7 Å². The van der Waals surface area contributed by atoms with Gasteiger partial charge in [-0.3, -0.25) is 4.98 Å². The molecule has 0 aliphatic rings. The van der Waals surface area contributed by atoms with Gasteiger partial charge in [0.2, 0.25) is 6.29 Å².